The van der Waals surface area contributed by atoms with Crippen molar-refractivity contribution in [3.8, 4) is 0 Å². The summed E-state index contributed by atoms with van der Waals surface area (Å²) in [5.41, 5.74) is 2.01. The van der Waals surface area contributed by atoms with Gasteiger partial charge in [0, 0.05) is 6.20 Å². The van der Waals surface area contributed by atoms with Crippen LogP contribution in [0.15, 0.2) is 18.3 Å². The standard InChI is InChI=1S/C9H14N2O/c1-7-3-4-8(11-5-7)9(6-12)10-2/h3-5,9-10,12H,6H2,1-2H3/t9-/m1/s1. The Labute approximate surface area is 72.5 Å². The number of hydrogen-bond acceptors (Lipinski definition) is 3. The van der Waals surface area contributed by atoms with E-state index in [-0.39, 0.29) is 12.6 Å². The van der Waals surface area contributed by atoms with Gasteiger partial charge in [0.05, 0.1) is 18.3 Å². The van der Waals surface area contributed by atoms with Gasteiger partial charge in [0.1, 0.15) is 0 Å². The summed E-state index contributed by atoms with van der Waals surface area (Å²) in [5.74, 6) is 0. The Hall–Kier alpha value is -0.930. The molecule has 66 valence electrons. The average molecular weight is 166 g/mol. The third-order valence-electron chi connectivity index (χ3n) is 1.82. The summed E-state index contributed by atoms with van der Waals surface area (Å²) in [5, 5.41) is 11.9. The molecule has 0 amide bonds. The number of aliphatic hydroxyl groups is 1. The summed E-state index contributed by atoms with van der Waals surface area (Å²) in [6, 6.07) is 3.86. The van der Waals surface area contributed by atoms with Crippen molar-refractivity contribution in [1.82, 2.24) is 10.3 Å². The van der Waals surface area contributed by atoms with Crippen molar-refractivity contribution in [2.45, 2.75) is 13.0 Å². The minimum atomic E-state index is -0.0504. The van der Waals surface area contributed by atoms with Crippen molar-refractivity contribution in [1.29, 1.82) is 0 Å². The number of likely N-dealkylation sites (N-methyl/N-ethyl adjacent to an activating group) is 1. The van der Waals surface area contributed by atoms with E-state index in [9.17, 15) is 0 Å². The number of nitrogens with one attached hydrogen (secondary N) is 1. The van der Waals surface area contributed by atoms with E-state index >= 15 is 0 Å². The number of hydrogen-bond donors (Lipinski definition) is 2. The number of aliphatic hydroxyl groups excluding tert-OH is 1. The number of nitrogens with zero attached hydrogens (tertiary/aromatic N) is 1. The lowest BCUT2D eigenvalue weighted by atomic mass is 10.2. The van der Waals surface area contributed by atoms with Gasteiger partial charge in [-0.15, -0.1) is 0 Å². The van der Waals surface area contributed by atoms with Gasteiger partial charge in [-0.05, 0) is 25.6 Å². The molecule has 3 heteroatoms. The molecule has 0 fully saturated rings. The second-order valence-corrected chi connectivity index (χ2v) is 2.78. The molecule has 0 unspecified atom stereocenters. The first-order valence-corrected chi connectivity index (χ1v) is 3.98. The molecule has 0 saturated carbocycles. The number of aromatic nitrogens is 1. The van der Waals surface area contributed by atoms with Gasteiger partial charge in [-0.25, -0.2) is 0 Å². The first kappa shape index (κ1) is 9.16. The van der Waals surface area contributed by atoms with Crippen LogP contribution >= 0.6 is 0 Å². The van der Waals surface area contributed by atoms with Crippen molar-refractivity contribution in [3.63, 3.8) is 0 Å². The van der Waals surface area contributed by atoms with Crippen LogP contribution < -0.4 is 5.32 Å². The fourth-order valence-corrected chi connectivity index (χ4v) is 1.02. The Morgan fingerprint density at radius 1 is 1.58 bits per heavy atom. The molecule has 1 heterocycles. The van der Waals surface area contributed by atoms with E-state index in [4.69, 9.17) is 5.11 Å². The normalized spacial score (nSPS) is 12.9. The molecule has 2 N–H and O–H groups in total. The first-order chi connectivity index (χ1) is 5.77. The molecule has 0 spiro atoms. The van der Waals surface area contributed by atoms with Gasteiger partial charge >= 0.3 is 0 Å². The highest BCUT2D eigenvalue weighted by Crippen LogP contribution is 2.08. The minimum absolute atomic E-state index is 0.0504. The molecule has 0 aliphatic heterocycles. The maximum absolute atomic E-state index is 8.95. The molecule has 0 radical (unpaired) electrons. The Balaban J connectivity index is 2.80. The number of rotatable bonds is 3. The van der Waals surface area contributed by atoms with Crippen LogP contribution in [0.2, 0.25) is 0 Å². The van der Waals surface area contributed by atoms with E-state index < -0.39 is 0 Å². The summed E-state index contributed by atoms with van der Waals surface area (Å²) in [7, 11) is 1.81. The van der Waals surface area contributed by atoms with Gasteiger partial charge in [0.15, 0.2) is 0 Å². The van der Waals surface area contributed by atoms with Gasteiger partial charge in [-0.3, -0.25) is 4.98 Å². The summed E-state index contributed by atoms with van der Waals surface area (Å²) < 4.78 is 0. The zero-order valence-electron chi connectivity index (χ0n) is 7.41. The SMILES string of the molecule is CN[C@H](CO)c1ccc(C)cn1. The molecule has 1 atom stereocenters. The maximum atomic E-state index is 8.95. The Bertz CT molecular complexity index is 229. The van der Waals surface area contributed by atoms with Gasteiger partial charge in [-0.2, -0.15) is 0 Å². The van der Waals surface area contributed by atoms with E-state index in [1.54, 1.807) is 6.20 Å². The highest BCUT2D eigenvalue weighted by Gasteiger charge is 2.07. The highest BCUT2D eigenvalue weighted by molar-refractivity contribution is 5.14. The largest absolute Gasteiger partial charge is 0.394 e. The van der Waals surface area contributed by atoms with Crippen LogP contribution in [-0.2, 0) is 0 Å². The van der Waals surface area contributed by atoms with Crippen LogP contribution in [0.5, 0.6) is 0 Å². The lowest BCUT2D eigenvalue weighted by Crippen LogP contribution is -2.20. The van der Waals surface area contributed by atoms with Gasteiger partial charge in [0.25, 0.3) is 0 Å². The topological polar surface area (TPSA) is 45.1 Å². The summed E-state index contributed by atoms with van der Waals surface area (Å²) in [6.45, 7) is 2.07. The van der Waals surface area contributed by atoms with Crippen LogP contribution in [0.25, 0.3) is 0 Å². The minimum Gasteiger partial charge on any atom is -0.394 e. The number of aryl methyl sites for hydroxylation is 1. The van der Waals surface area contributed by atoms with Crippen molar-refractivity contribution in [3.05, 3.63) is 29.6 Å². The van der Waals surface area contributed by atoms with E-state index in [2.05, 4.69) is 10.3 Å². The van der Waals surface area contributed by atoms with E-state index in [1.165, 1.54) is 0 Å². The van der Waals surface area contributed by atoms with Crippen LogP contribution in [-0.4, -0.2) is 23.7 Å². The van der Waals surface area contributed by atoms with Gasteiger partial charge in [-0.1, -0.05) is 6.07 Å². The monoisotopic (exact) mass is 166 g/mol. The maximum Gasteiger partial charge on any atom is 0.0727 e. The van der Waals surface area contributed by atoms with Crippen LogP contribution in [0, 0.1) is 6.92 Å². The Kier molecular flexibility index (Phi) is 3.19. The lowest BCUT2D eigenvalue weighted by Gasteiger charge is -2.11. The molecule has 3 nitrogen and oxygen atoms in total. The second-order valence-electron chi connectivity index (χ2n) is 2.78. The third kappa shape index (κ3) is 2.03. The number of pyridine rings is 1. The molecule has 0 aliphatic carbocycles. The molecule has 1 aromatic heterocycles. The van der Waals surface area contributed by atoms with E-state index in [1.807, 2.05) is 26.1 Å². The van der Waals surface area contributed by atoms with Crippen molar-refractivity contribution in [2.75, 3.05) is 13.7 Å². The van der Waals surface area contributed by atoms with E-state index in [0.29, 0.717) is 0 Å². The van der Waals surface area contributed by atoms with Gasteiger partial charge < -0.3 is 10.4 Å². The summed E-state index contributed by atoms with van der Waals surface area (Å²) >= 11 is 0. The Morgan fingerprint density at radius 3 is 2.75 bits per heavy atom. The first-order valence-electron chi connectivity index (χ1n) is 3.98. The van der Waals surface area contributed by atoms with Crippen molar-refractivity contribution >= 4 is 0 Å². The molecule has 1 aromatic rings. The molecule has 12 heavy (non-hydrogen) atoms. The third-order valence-corrected chi connectivity index (χ3v) is 1.82. The highest BCUT2D eigenvalue weighted by atomic mass is 16.3. The summed E-state index contributed by atoms with van der Waals surface area (Å²) in [4.78, 5) is 4.20. The van der Waals surface area contributed by atoms with Crippen LogP contribution in [0.3, 0.4) is 0 Å². The molecule has 0 bridgehead atoms. The van der Waals surface area contributed by atoms with Crippen molar-refractivity contribution in [2.24, 2.45) is 0 Å². The van der Waals surface area contributed by atoms with Gasteiger partial charge in [0.2, 0.25) is 0 Å². The van der Waals surface area contributed by atoms with E-state index in [0.717, 1.165) is 11.3 Å². The lowest BCUT2D eigenvalue weighted by molar-refractivity contribution is 0.248. The predicted octanol–water partition coefficient (Wildman–Crippen LogP) is 0.643. The van der Waals surface area contributed by atoms with Crippen molar-refractivity contribution < 1.29 is 5.11 Å². The molecular weight excluding hydrogens is 152 g/mol. The molecule has 0 saturated heterocycles. The molecule has 1 rings (SSSR count). The smallest absolute Gasteiger partial charge is 0.0727 e. The fourth-order valence-electron chi connectivity index (χ4n) is 1.02. The molecule has 0 aliphatic rings. The second kappa shape index (κ2) is 4.18. The van der Waals surface area contributed by atoms with Crippen LogP contribution in [0.1, 0.15) is 17.3 Å². The average Bonchev–Trinajstić information content (AvgIpc) is 2.10. The van der Waals surface area contributed by atoms with Crippen LogP contribution in [0.4, 0.5) is 0 Å². The Morgan fingerprint density at radius 2 is 2.33 bits per heavy atom. The quantitative estimate of drug-likeness (QED) is 0.692. The fraction of sp³-hybridized carbons (Fsp3) is 0.444. The molecule has 0 aromatic carbocycles. The zero-order valence-corrected chi connectivity index (χ0v) is 7.41. The molecular formula is C9H14N2O. The zero-order chi connectivity index (χ0) is 8.97. The predicted molar refractivity (Wildman–Crippen MR) is 47.9 cm³/mol. The summed E-state index contributed by atoms with van der Waals surface area (Å²) in [6.07, 6.45) is 1.80.